The smallest absolute Gasteiger partial charge is 0.328 e. The number of aromatic nitrogens is 2. The van der Waals surface area contributed by atoms with Crippen LogP contribution in [0.3, 0.4) is 0 Å². The topological polar surface area (TPSA) is 87.7 Å². The van der Waals surface area contributed by atoms with Crippen molar-refractivity contribution in [2.24, 2.45) is 0 Å². The molecule has 0 aliphatic carbocycles. The second-order valence-corrected chi connectivity index (χ2v) is 5.84. The lowest BCUT2D eigenvalue weighted by atomic mass is 10.3. The van der Waals surface area contributed by atoms with Crippen molar-refractivity contribution in [3.05, 3.63) is 30.5 Å². The molecule has 1 unspecified atom stereocenters. The molecule has 2 aliphatic heterocycles. The predicted octanol–water partition coefficient (Wildman–Crippen LogP) is 1.23. The number of fused-ring (bicyclic) bond motifs is 1. The number of carbonyl (C=O) groups is 2. The quantitative estimate of drug-likeness (QED) is 0.896. The molecule has 2 aliphatic rings. The Hall–Kier alpha value is -2.90. The zero-order chi connectivity index (χ0) is 16.5. The number of hydrogen-bond acceptors (Lipinski definition) is 5. The largest absolute Gasteiger partial charge is 0.471 e. The molecule has 124 valence electrons. The van der Waals surface area contributed by atoms with Gasteiger partial charge in [0.15, 0.2) is 0 Å². The van der Waals surface area contributed by atoms with Crippen molar-refractivity contribution in [3.63, 3.8) is 0 Å². The van der Waals surface area contributed by atoms with Crippen molar-refractivity contribution in [2.75, 3.05) is 26.2 Å². The lowest BCUT2D eigenvalue weighted by molar-refractivity contribution is 0.160. The van der Waals surface area contributed by atoms with E-state index >= 15 is 0 Å². The lowest BCUT2D eigenvalue weighted by Crippen LogP contribution is -2.44. The van der Waals surface area contributed by atoms with E-state index in [1.165, 1.54) is 4.90 Å². The number of nitrogens with one attached hydrogen (secondary N) is 1. The normalized spacial score (nSPS) is 20.5. The van der Waals surface area contributed by atoms with Crippen LogP contribution in [0.1, 0.15) is 6.42 Å². The van der Waals surface area contributed by atoms with E-state index in [0.717, 1.165) is 11.0 Å². The van der Waals surface area contributed by atoms with Crippen LogP contribution in [-0.2, 0) is 0 Å². The van der Waals surface area contributed by atoms with Gasteiger partial charge in [-0.3, -0.25) is 0 Å². The first-order valence-corrected chi connectivity index (χ1v) is 7.93. The second kappa shape index (κ2) is 5.95. The highest BCUT2D eigenvalue weighted by Crippen LogP contribution is 2.19. The first-order valence-electron chi connectivity index (χ1n) is 7.93. The van der Waals surface area contributed by atoms with E-state index in [9.17, 15) is 9.59 Å². The number of hydrogen-bond donors (Lipinski definition) is 1. The Morgan fingerprint density at radius 2 is 2.08 bits per heavy atom. The molecule has 0 bridgehead atoms. The fourth-order valence-electron chi connectivity index (χ4n) is 2.99. The van der Waals surface area contributed by atoms with E-state index in [2.05, 4.69) is 15.3 Å². The molecule has 2 fully saturated rings. The van der Waals surface area contributed by atoms with Crippen LogP contribution >= 0.6 is 0 Å². The van der Waals surface area contributed by atoms with E-state index in [0.29, 0.717) is 38.5 Å². The molecule has 1 aromatic heterocycles. The van der Waals surface area contributed by atoms with E-state index in [1.54, 1.807) is 11.1 Å². The number of amides is 4. The summed E-state index contributed by atoms with van der Waals surface area (Å²) in [5, 5.41) is 2.63. The average Bonchev–Trinajstić information content (AvgIpc) is 3.23. The molecule has 24 heavy (non-hydrogen) atoms. The minimum Gasteiger partial charge on any atom is -0.471 e. The van der Waals surface area contributed by atoms with Gasteiger partial charge >= 0.3 is 12.1 Å². The molecular weight excluding hydrogens is 310 g/mol. The number of urea groups is 2. The third-order valence-corrected chi connectivity index (χ3v) is 4.22. The Morgan fingerprint density at radius 1 is 1.25 bits per heavy atom. The fraction of sp³-hybridized carbons (Fsp3) is 0.375. The van der Waals surface area contributed by atoms with Crippen LogP contribution in [0.15, 0.2) is 30.5 Å². The van der Waals surface area contributed by atoms with Gasteiger partial charge in [-0.1, -0.05) is 12.1 Å². The first-order chi connectivity index (χ1) is 11.7. The summed E-state index contributed by atoms with van der Waals surface area (Å²) in [6, 6.07) is 6.99. The maximum absolute atomic E-state index is 12.3. The zero-order valence-corrected chi connectivity index (χ0v) is 13.0. The van der Waals surface area contributed by atoms with Crippen molar-refractivity contribution in [1.82, 2.24) is 25.1 Å². The molecule has 2 aromatic rings. The van der Waals surface area contributed by atoms with Gasteiger partial charge < -0.3 is 15.0 Å². The van der Waals surface area contributed by atoms with E-state index < -0.39 is 0 Å². The molecule has 4 rings (SSSR count). The summed E-state index contributed by atoms with van der Waals surface area (Å²) < 4.78 is 5.87. The van der Waals surface area contributed by atoms with Gasteiger partial charge in [-0.15, -0.1) is 0 Å². The van der Waals surface area contributed by atoms with Gasteiger partial charge in [0.05, 0.1) is 23.8 Å². The molecule has 8 nitrogen and oxygen atoms in total. The highest BCUT2D eigenvalue weighted by molar-refractivity contribution is 5.95. The molecule has 0 spiro atoms. The lowest BCUT2D eigenvalue weighted by Gasteiger charge is -2.21. The third-order valence-electron chi connectivity index (χ3n) is 4.22. The average molecular weight is 327 g/mol. The highest BCUT2D eigenvalue weighted by atomic mass is 16.5. The predicted molar refractivity (Wildman–Crippen MR) is 85.6 cm³/mol. The van der Waals surface area contributed by atoms with Gasteiger partial charge in [-0.25, -0.2) is 24.5 Å². The Balaban J connectivity index is 1.41. The Bertz CT molecular complexity index is 796. The third kappa shape index (κ3) is 2.70. The summed E-state index contributed by atoms with van der Waals surface area (Å²) in [4.78, 5) is 35.6. The van der Waals surface area contributed by atoms with Crippen LogP contribution in [0.25, 0.3) is 11.0 Å². The van der Waals surface area contributed by atoms with E-state index in [4.69, 9.17) is 4.74 Å². The monoisotopic (exact) mass is 327 g/mol. The summed E-state index contributed by atoms with van der Waals surface area (Å²) in [6.07, 6.45) is 2.16. The number of carbonyl (C=O) groups excluding carboxylic acids is 2. The van der Waals surface area contributed by atoms with Crippen LogP contribution in [-0.4, -0.2) is 64.1 Å². The van der Waals surface area contributed by atoms with E-state index in [1.807, 2.05) is 24.3 Å². The van der Waals surface area contributed by atoms with Gasteiger partial charge in [-0.05, 0) is 12.1 Å². The molecule has 1 aromatic carbocycles. The summed E-state index contributed by atoms with van der Waals surface area (Å²) in [7, 11) is 0. The van der Waals surface area contributed by atoms with Gasteiger partial charge in [0, 0.05) is 26.1 Å². The van der Waals surface area contributed by atoms with Crippen molar-refractivity contribution < 1.29 is 14.3 Å². The molecule has 1 N–H and O–H groups in total. The Labute approximate surface area is 138 Å². The van der Waals surface area contributed by atoms with Crippen molar-refractivity contribution >= 4 is 23.1 Å². The standard InChI is InChI=1S/C16H17N5O3/c22-15-17-6-8-21(15)16(23)20-7-5-11(10-20)24-14-9-18-12-3-1-2-4-13(12)19-14/h1-4,9,11H,5-8,10H2,(H,17,22). The van der Waals surface area contributed by atoms with Crippen molar-refractivity contribution in [1.29, 1.82) is 0 Å². The van der Waals surface area contributed by atoms with Crippen LogP contribution < -0.4 is 10.1 Å². The molecule has 0 radical (unpaired) electrons. The number of nitrogens with zero attached hydrogens (tertiary/aromatic N) is 4. The number of para-hydroxylation sites is 2. The fourth-order valence-corrected chi connectivity index (χ4v) is 2.99. The number of imide groups is 1. The van der Waals surface area contributed by atoms with Gasteiger partial charge in [-0.2, -0.15) is 0 Å². The summed E-state index contributed by atoms with van der Waals surface area (Å²) in [5.74, 6) is 0.451. The maximum Gasteiger partial charge on any atom is 0.328 e. The second-order valence-electron chi connectivity index (χ2n) is 5.84. The molecule has 1 atom stereocenters. The van der Waals surface area contributed by atoms with Crippen LogP contribution in [0, 0.1) is 0 Å². The Morgan fingerprint density at radius 3 is 2.88 bits per heavy atom. The highest BCUT2D eigenvalue weighted by Gasteiger charge is 2.35. The maximum atomic E-state index is 12.3. The van der Waals surface area contributed by atoms with Crippen LogP contribution in [0.2, 0.25) is 0 Å². The minimum absolute atomic E-state index is 0.143. The summed E-state index contributed by atoms with van der Waals surface area (Å²) >= 11 is 0. The van der Waals surface area contributed by atoms with Gasteiger partial charge in [0.1, 0.15) is 6.10 Å². The molecule has 0 saturated carbocycles. The SMILES string of the molecule is O=C1NCCN1C(=O)N1CCC(Oc2cnc3ccccc3n2)C1. The number of ether oxygens (including phenoxy) is 1. The summed E-state index contributed by atoms with van der Waals surface area (Å²) in [5.41, 5.74) is 1.59. The molecule has 3 heterocycles. The Kier molecular flexibility index (Phi) is 3.64. The van der Waals surface area contributed by atoms with Crippen molar-refractivity contribution in [2.45, 2.75) is 12.5 Å². The number of rotatable bonds is 2. The molecule has 8 heteroatoms. The molecular formula is C16H17N5O3. The van der Waals surface area contributed by atoms with Crippen LogP contribution in [0.4, 0.5) is 9.59 Å². The van der Waals surface area contributed by atoms with Crippen molar-refractivity contribution in [3.8, 4) is 5.88 Å². The first kappa shape index (κ1) is 14.7. The molecule has 2 saturated heterocycles. The zero-order valence-electron chi connectivity index (χ0n) is 13.0. The summed E-state index contributed by atoms with van der Waals surface area (Å²) in [6.45, 7) is 1.92. The number of likely N-dealkylation sites (tertiary alicyclic amines) is 1. The van der Waals surface area contributed by atoms with E-state index in [-0.39, 0.29) is 18.2 Å². The molecule has 4 amide bonds. The van der Waals surface area contributed by atoms with Gasteiger partial charge in [0.25, 0.3) is 0 Å². The van der Waals surface area contributed by atoms with Gasteiger partial charge in [0.2, 0.25) is 5.88 Å². The number of benzene rings is 1. The van der Waals surface area contributed by atoms with Crippen LogP contribution in [0.5, 0.6) is 5.88 Å². The minimum atomic E-state index is -0.329.